The van der Waals surface area contributed by atoms with Crippen molar-refractivity contribution in [3.8, 4) is 0 Å². The minimum absolute atomic E-state index is 0.00552. The van der Waals surface area contributed by atoms with Crippen LogP contribution in [0, 0.1) is 10.1 Å². The summed E-state index contributed by atoms with van der Waals surface area (Å²) in [4.78, 5) is 22.4. The van der Waals surface area contributed by atoms with E-state index >= 15 is 0 Å². The molecule has 1 aliphatic carbocycles. The van der Waals surface area contributed by atoms with Crippen LogP contribution in [-0.4, -0.2) is 34.5 Å². The predicted octanol–water partition coefficient (Wildman–Crippen LogP) is 1.46. The largest absolute Gasteiger partial charge is 0.349 e. The molecule has 0 radical (unpaired) electrons. The summed E-state index contributed by atoms with van der Waals surface area (Å²) in [5.41, 5.74) is 0.276. The van der Waals surface area contributed by atoms with E-state index in [1.165, 1.54) is 25.1 Å². The number of amides is 1. The van der Waals surface area contributed by atoms with Gasteiger partial charge in [-0.3, -0.25) is 14.9 Å². The fourth-order valence-corrected chi connectivity index (χ4v) is 2.00. The topological polar surface area (TPSA) is 89.2 Å². The molecule has 0 unspecified atom stereocenters. The summed E-state index contributed by atoms with van der Waals surface area (Å²) in [5, 5.41) is 16.9. The molecule has 0 aromatic carbocycles. The molecule has 1 aromatic heterocycles. The Bertz CT molecular complexity index is 506. The Morgan fingerprint density at radius 1 is 1.50 bits per heavy atom. The van der Waals surface area contributed by atoms with Crippen LogP contribution in [0.25, 0.3) is 0 Å². The Labute approximate surface area is 117 Å². The smallest absolute Gasteiger partial charge is 0.287 e. The van der Waals surface area contributed by atoms with Gasteiger partial charge in [-0.15, -0.1) is 0 Å². The SMILES string of the molecule is CC(C)n1cc([N+](=O)[O-])cc1C(=O)NCCNC1CC1. The summed E-state index contributed by atoms with van der Waals surface area (Å²) in [6, 6.07) is 1.92. The van der Waals surface area contributed by atoms with Crippen molar-refractivity contribution in [3.63, 3.8) is 0 Å². The summed E-state index contributed by atoms with van der Waals surface area (Å²) in [7, 11) is 0. The summed E-state index contributed by atoms with van der Waals surface area (Å²) < 4.78 is 1.63. The number of hydrogen-bond donors (Lipinski definition) is 2. The average molecular weight is 280 g/mol. The molecule has 0 atom stereocenters. The number of carbonyl (C=O) groups excluding carboxylic acids is 1. The van der Waals surface area contributed by atoms with E-state index in [-0.39, 0.29) is 17.6 Å². The second kappa shape index (κ2) is 6.04. The molecule has 1 saturated carbocycles. The van der Waals surface area contributed by atoms with Crippen molar-refractivity contribution in [2.24, 2.45) is 0 Å². The van der Waals surface area contributed by atoms with Crippen molar-refractivity contribution < 1.29 is 9.72 Å². The fourth-order valence-electron chi connectivity index (χ4n) is 2.00. The standard InChI is InChI=1S/C13H20N4O3/c1-9(2)16-8-11(17(19)20)7-12(16)13(18)15-6-5-14-10-3-4-10/h7-10,14H,3-6H2,1-2H3,(H,15,18). The first kappa shape index (κ1) is 14.5. The maximum Gasteiger partial charge on any atom is 0.287 e. The molecule has 1 heterocycles. The first-order valence-electron chi connectivity index (χ1n) is 6.87. The fraction of sp³-hybridized carbons (Fsp3) is 0.615. The minimum atomic E-state index is -0.482. The molecule has 1 aromatic rings. The normalized spacial score (nSPS) is 14.6. The first-order chi connectivity index (χ1) is 9.49. The lowest BCUT2D eigenvalue weighted by Gasteiger charge is -2.12. The van der Waals surface area contributed by atoms with Gasteiger partial charge < -0.3 is 15.2 Å². The summed E-state index contributed by atoms with van der Waals surface area (Å²) in [6.45, 7) is 5.01. The third-order valence-corrected chi connectivity index (χ3v) is 3.25. The van der Waals surface area contributed by atoms with Gasteiger partial charge in [0.15, 0.2) is 0 Å². The Morgan fingerprint density at radius 2 is 2.20 bits per heavy atom. The highest BCUT2D eigenvalue weighted by Crippen LogP contribution is 2.20. The molecule has 20 heavy (non-hydrogen) atoms. The molecule has 2 N–H and O–H groups in total. The monoisotopic (exact) mass is 280 g/mol. The summed E-state index contributed by atoms with van der Waals surface area (Å²) in [6.07, 6.45) is 3.81. The van der Waals surface area contributed by atoms with Crippen molar-refractivity contribution in [2.45, 2.75) is 38.8 Å². The maximum absolute atomic E-state index is 12.1. The average Bonchev–Trinajstić information content (AvgIpc) is 3.08. The van der Waals surface area contributed by atoms with E-state index in [0.717, 1.165) is 6.54 Å². The number of nitrogens with zero attached hydrogens (tertiary/aromatic N) is 2. The lowest BCUT2D eigenvalue weighted by Crippen LogP contribution is -2.33. The Kier molecular flexibility index (Phi) is 4.39. The molecular weight excluding hydrogens is 260 g/mol. The van der Waals surface area contributed by atoms with Crippen molar-refractivity contribution in [1.82, 2.24) is 15.2 Å². The second-order valence-electron chi connectivity index (χ2n) is 5.33. The summed E-state index contributed by atoms with van der Waals surface area (Å²) >= 11 is 0. The van der Waals surface area contributed by atoms with Crippen LogP contribution in [0.1, 0.15) is 43.2 Å². The van der Waals surface area contributed by atoms with Crippen LogP contribution in [0.3, 0.4) is 0 Å². The van der Waals surface area contributed by atoms with Crippen LogP contribution in [0.15, 0.2) is 12.3 Å². The van der Waals surface area contributed by atoms with Crippen LogP contribution >= 0.6 is 0 Å². The van der Waals surface area contributed by atoms with Gasteiger partial charge in [0.05, 0.1) is 11.1 Å². The van der Waals surface area contributed by atoms with Gasteiger partial charge in [-0.2, -0.15) is 0 Å². The van der Waals surface area contributed by atoms with Gasteiger partial charge in [0.1, 0.15) is 5.69 Å². The molecule has 7 heteroatoms. The molecule has 1 amide bonds. The van der Waals surface area contributed by atoms with Crippen molar-refractivity contribution >= 4 is 11.6 Å². The number of aromatic nitrogens is 1. The highest BCUT2D eigenvalue weighted by Gasteiger charge is 2.21. The zero-order chi connectivity index (χ0) is 14.7. The Hall–Kier alpha value is -1.89. The van der Waals surface area contributed by atoms with E-state index in [0.29, 0.717) is 18.3 Å². The highest BCUT2D eigenvalue weighted by molar-refractivity contribution is 5.93. The van der Waals surface area contributed by atoms with Crippen LogP contribution in [0.2, 0.25) is 0 Å². The van der Waals surface area contributed by atoms with Gasteiger partial charge in [-0.1, -0.05) is 0 Å². The van der Waals surface area contributed by atoms with E-state index < -0.39 is 4.92 Å². The number of carbonyl (C=O) groups is 1. The number of hydrogen-bond acceptors (Lipinski definition) is 4. The first-order valence-corrected chi connectivity index (χ1v) is 6.87. The number of rotatable bonds is 7. The van der Waals surface area contributed by atoms with Crippen molar-refractivity contribution in [3.05, 3.63) is 28.1 Å². The molecule has 0 spiro atoms. The Morgan fingerprint density at radius 3 is 2.75 bits per heavy atom. The van der Waals surface area contributed by atoms with Gasteiger partial charge in [-0.05, 0) is 26.7 Å². The minimum Gasteiger partial charge on any atom is -0.349 e. The second-order valence-corrected chi connectivity index (χ2v) is 5.33. The highest BCUT2D eigenvalue weighted by atomic mass is 16.6. The molecule has 2 rings (SSSR count). The molecule has 110 valence electrons. The molecule has 0 saturated heterocycles. The molecule has 7 nitrogen and oxygen atoms in total. The van der Waals surface area contributed by atoms with Gasteiger partial charge in [0.2, 0.25) is 0 Å². The zero-order valence-electron chi connectivity index (χ0n) is 11.8. The van der Waals surface area contributed by atoms with Gasteiger partial charge in [-0.25, -0.2) is 0 Å². The van der Waals surface area contributed by atoms with Gasteiger partial charge >= 0.3 is 0 Å². The van der Waals surface area contributed by atoms with Gasteiger partial charge in [0.25, 0.3) is 11.6 Å². The molecule has 1 aliphatic rings. The van der Waals surface area contributed by atoms with Crippen LogP contribution in [0.5, 0.6) is 0 Å². The Balaban J connectivity index is 1.97. The number of nitro groups is 1. The molecule has 1 fully saturated rings. The van der Waals surface area contributed by atoms with Gasteiger partial charge in [0, 0.05) is 31.2 Å². The van der Waals surface area contributed by atoms with Crippen molar-refractivity contribution in [2.75, 3.05) is 13.1 Å². The number of nitrogens with one attached hydrogen (secondary N) is 2. The third kappa shape index (κ3) is 3.57. The van der Waals surface area contributed by atoms with E-state index in [9.17, 15) is 14.9 Å². The van der Waals surface area contributed by atoms with Crippen LogP contribution < -0.4 is 10.6 Å². The van der Waals surface area contributed by atoms with Crippen molar-refractivity contribution in [1.29, 1.82) is 0 Å². The van der Waals surface area contributed by atoms with E-state index in [4.69, 9.17) is 0 Å². The van der Waals surface area contributed by atoms with E-state index in [2.05, 4.69) is 10.6 Å². The molecule has 0 aliphatic heterocycles. The molecular formula is C13H20N4O3. The quantitative estimate of drug-likeness (QED) is 0.449. The van der Waals surface area contributed by atoms with Crippen LogP contribution in [-0.2, 0) is 0 Å². The predicted molar refractivity (Wildman–Crippen MR) is 74.8 cm³/mol. The third-order valence-electron chi connectivity index (χ3n) is 3.25. The molecule has 0 bridgehead atoms. The van der Waals surface area contributed by atoms with E-state index in [1.807, 2.05) is 13.8 Å². The maximum atomic E-state index is 12.1. The van der Waals surface area contributed by atoms with E-state index in [1.54, 1.807) is 4.57 Å². The zero-order valence-corrected chi connectivity index (χ0v) is 11.8. The summed E-state index contributed by atoms with van der Waals surface area (Å²) in [5.74, 6) is -0.274. The lowest BCUT2D eigenvalue weighted by atomic mass is 10.3. The van der Waals surface area contributed by atoms with Crippen LogP contribution in [0.4, 0.5) is 5.69 Å². The lowest BCUT2D eigenvalue weighted by molar-refractivity contribution is -0.384.